The minimum Gasteiger partial charge on any atom is -0.454 e. The van der Waals surface area contributed by atoms with E-state index in [-0.39, 0.29) is 0 Å². The maximum atomic E-state index is 6.30. The first-order valence-electron chi connectivity index (χ1n) is 8.44. The number of aromatic nitrogens is 1. The summed E-state index contributed by atoms with van der Waals surface area (Å²) in [7, 11) is 0. The summed E-state index contributed by atoms with van der Waals surface area (Å²) < 4.78 is 7.42. The molecule has 0 radical (unpaired) electrons. The second kappa shape index (κ2) is 8.02. The fraction of sp³-hybridized carbons (Fsp3) is 0.136. The Morgan fingerprint density at radius 2 is 1.92 bits per heavy atom. The van der Waals surface area contributed by atoms with Crippen molar-refractivity contribution in [2.45, 2.75) is 20.8 Å². The van der Waals surface area contributed by atoms with E-state index in [1.807, 2.05) is 43.5 Å². The van der Waals surface area contributed by atoms with E-state index in [0.29, 0.717) is 0 Å². The van der Waals surface area contributed by atoms with E-state index in [9.17, 15) is 0 Å². The molecule has 0 aliphatic rings. The number of rotatable bonds is 6. The van der Waals surface area contributed by atoms with Crippen molar-refractivity contribution in [2.75, 3.05) is 0 Å². The number of nitrogens with one attached hydrogen (secondary N) is 1. The molecule has 0 saturated carbocycles. The maximum absolute atomic E-state index is 6.30. The summed E-state index contributed by atoms with van der Waals surface area (Å²) >= 11 is 1.67. The molecule has 0 amide bonds. The molecular formula is C22H22N2OS. The number of fused-ring (bicyclic) bond motifs is 1. The predicted molar refractivity (Wildman–Crippen MR) is 112 cm³/mol. The van der Waals surface area contributed by atoms with Gasteiger partial charge in [0.15, 0.2) is 5.75 Å². The second-order valence-corrected chi connectivity index (χ2v) is 7.36. The zero-order valence-corrected chi connectivity index (χ0v) is 16.1. The summed E-state index contributed by atoms with van der Waals surface area (Å²) in [6.07, 6.45) is 5.70. The van der Waals surface area contributed by atoms with Crippen LogP contribution in [0.1, 0.15) is 24.4 Å². The second-order valence-electron chi connectivity index (χ2n) is 6.13. The summed E-state index contributed by atoms with van der Waals surface area (Å²) in [5.41, 5.74) is 4.09. The third-order valence-electron chi connectivity index (χ3n) is 3.70. The van der Waals surface area contributed by atoms with Crippen LogP contribution < -0.4 is 10.1 Å². The Balaban J connectivity index is 2.21. The molecule has 3 rings (SSSR count). The number of aryl methyl sites for hydroxylation is 1. The van der Waals surface area contributed by atoms with Crippen LogP contribution in [0.5, 0.6) is 11.5 Å². The first kappa shape index (κ1) is 18.0. The molecule has 1 N–H and O–H groups in total. The van der Waals surface area contributed by atoms with Crippen molar-refractivity contribution >= 4 is 27.1 Å². The van der Waals surface area contributed by atoms with Crippen LogP contribution in [0.4, 0.5) is 0 Å². The topological polar surface area (TPSA) is 34.2 Å². The van der Waals surface area contributed by atoms with Crippen molar-refractivity contribution in [3.05, 3.63) is 83.7 Å². The average molecular weight is 362 g/mol. The van der Waals surface area contributed by atoms with E-state index < -0.39 is 0 Å². The van der Waals surface area contributed by atoms with Crippen molar-refractivity contribution in [3.63, 3.8) is 0 Å². The van der Waals surface area contributed by atoms with Crippen molar-refractivity contribution in [1.82, 2.24) is 10.3 Å². The number of nitrogens with zero attached hydrogens (tertiary/aromatic N) is 1. The quantitative estimate of drug-likeness (QED) is 0.513. The molecule has 0 unspecified atom stereocenters. The zero-order valence-electron chi connectivity index (χ0n) is 15.2. The normalized spacial score (nSPS) is 11.3. The first-order valence-corrected chi connectivity index (χ1v) is 9.25. The highest BCUT2D eigenvalue weighted by molar-refractivity contribution is 7.18. The molecule has 3 aromatic rings. The van der Waals surface area contributed by atoms with Gasteiger partial charge in [-0.05, 0) is 51.2 Å². The van der Waals surface area contributed by atoms with Gasteiger partial charge in [-0.2, -0.15) is 0 Å². The van der Waals surface area contributed by atoms with Crippen LogP contribution in [0.15, 0.2) is 73.1 Å². The Labute approximate surface area is 158 Å². The number of thiazole rings is 1. The summed E-state index contributed by atoms with van der Waals surface area (Å²) in [5.74, 6) is 1.56. The zero-order chi connectivity index (χ0) is 18.5. The molecule has 0 aliphatic heterocycles. The highest BCUT2D eigenvalue weighted by atomic mass is 32.1. The lowest BCUT2D eigenvalue weighted by atomic mass is 10.0. The third kappa shape index (κ3) is 4.03. The van der Waals surface area contributed by atoms with Gasteiger partial charge in [-0.3, -0.25) is 0 Å². The van der Waals surface area contributed by atoms with Crippen LogP contribution in [0.25, 0.3) is 15.8 Å². The number of hydrogen-bond acceptors (Lipinski definition) is 4. The lowest BCUT2D eigenvalue weighted by Gasteiger charge is -2.13. The first-order chi connectivity index (χ1) is 12.6. The summed E-state index contributed by atoms with van der Waals surface area (Å²) in [4.78, 5) is 4.72. The van der Waals surface area contributed by atoms with Gasteiger partial charge < -0.3 is 10.1 Å². The lowest BCUT2D eigenvalue weighted by Crippen LogP contribution is -1.97. The minimum atomic E-state index is 0.771. The Morgan fingerprint density at radius 3 is 2.62 bits per heavy atom. The van der Waals surface area contributed by atoms with Crippen LogP contribution in [0, 0.1) is 6.92 Å². The number of para-hydroxylation sites is 1. The highest BCUT2D eigenvalue weighted by Crippen LogP contribution is 2.39. The van der Waals surface area contributed by atoms with E-state index >= 15 is 0 Å². The Kier molecular flexibility index (Phi) is 5.54. The molecule has 3 nitrogen and oxygen atoms in total. The molecule has 132 valence electrons. The number of allylic oxidation sites excluding steroid dienone is 3. The molecule has 1 heterocycles. The van der Waals surface area contributed by atoms with Gasteiger partial charge in [0.1, 0.15) is 11.3 Å². The standard InChI is InChI=1S/C22H22N2OS/c1-5-23-14-17(13-15(2)3)19-11-12-20-21(24-16(4)26-20)22(19)25-18-9-7-6-8-10-18/h5-14,23H,1H2,2-4H3/b17-14+. The predicted octanol–water partition coefficient (Wildman–Crippen LogP) is 6.44. The van der Waals surface area contributed by atoms with Crippen LogP contribution in [0.3, 0.4) is 0 Å². The number of ether oxygens (including phenoxy) is 1. The lowest BCUT2D eigenvalue weighted by molar-refractivity contribution is 0.486. The van der Waals surface area contributed by atoms with Gasteiger partial charge in [-0.25, -0.2) is 4.98 Å². The molecule has 1 aromatic heterocycles. The molecule has 2 aromatic carbocycles. The van der Waals surface area contributed by atoms with Gasteiger partial charge in [-0.15, -0.1) is 11.3 Å². The SMILES string of the molecule is C=CN/C=C(\C=C(C)C)c1ccc2sc(C)nc2c1Oc1ccccc1. The molecule has 0 atom stereocenters. The number of hydrogen-bond donors (Lipinski definition) is 1. The third-order valence-corrected chi connectivity index (χ3v) is 4.63. The van der Waals surface area contributed by atoms with Gasteiger partial charge in [0.2, 0.25) is 0 Å². The van der Waals surface area contributed by atoms with Crippen LogP contribution in [-0.2, 0) is 0 Å². The summed E-state index contributed by atoms with van der Waals surface area (Å²) in [6.45, 7) is 9.90. The van der Waals surface area contributed by atoms with Crippen molar-refractivity contribution < 1.29 is 4.74 Å². The largest absolute Gasteiger partial charge is 0.454 e. The molecular weight excluding hydrogens is 340 g/mol. The van der Waals surface area contributed by atoms with Gasteiger partial charge in [-0.1, -0.05) is 36.4 Å². The molecule has 4 heteroatoms. The monoisotopic (exact) mass is 362 g/mol. The van der Waals surface area contributed by atoms with E-state index in [1.54, 1.807) is 17.5 Å². The van der Waals surface area contributed by atoms with Gasteiger partial charge in [0.25, 0.3) is 0 Å². The summed E-state index contributed by atoms with van der Waals surface area (Å²) in [5, 5.41) is 4.10. The van der Waals surface area contributed by atoms with E-state index in [0.717, 1.165) is 37.9 Å². The molecule has 0 fully saturated rings. The van der Waals surface area contributed by atoms with Crippen LogP contribution in [0.2, 0.25) is 0 Å². The maximum Gasteiger partial charge on any atom is 0.162 e. The number of benzene rings is 2. The molecule has 26 heavy (non-hydrogen) atoms. The minimum absolute atomic E-state index is 0.771. The van der Waals surface area contributed by atoms with Gasteiger partial charge >= 0.3 is 0 Å². The molecule has 0 aliphatic carbocycles. The fourth-order valence-corrected chi connectivity index (χ4v) is 3.50. The van der Waals surface area contributed by atoms with E-state index in [2.05, 4.69) is 44.0 Å². The smallest absolute Gasteiger partial charge is 0.162 e. The van der Waals surface area contributed by atoms with Crippen LogP contribution in [-0.4, -0.2) is 4.98 Å². The van der Waals surface area contributed by atoms with Gasteiger partial charge in [0.05, 0.1) is 9.71 Å². The fourth-order valence-electron chi connectivity index (χ4n) is 2.67. The Morgan fingerprint density at radius 1 is 1.15 bits per heavy atom. The molecule has 0 saturated heterocycles. The van der Waals surface area contributed by atoms with Crippen molar-refractivity contribution in [2.24, 2.45) is 0 Å². The summed E-state index contributed by atoms with van der Waals surface area (Å²) in [6, 6.07) is 14.0. The average Bonchev–Trinajstić information content (AvgIpc) is 3.00. The van der Waals surface area contributed by atoms with E-state index in [4.69, 9.17) is 9.72 Å². The van der Waals surface area contributed by atoms with Crippen molar-refractivity contribution in [3.8, 4) is 11.5 Å². The molecule has 0 spiro atoms. The van der Waals surface area contributed by atoms with E-state index in [1.165, 1.54) is 5.57 Å². The van der Waals surface area contributed by atoms with Crippen LogP contribution >= 0.6 is 11.3 Å². The molecule has 0 bridgehead atoms. The highest BCUT2D eigenvalue weighted by Gasteiger charge is 2.16. The van der Waals surface area contributed by atoms with Gasteiger partial charge in [0, 0.05) is 17.3 Å². The Hall–Kier alpha value is -2.85. The Bertz CT molecular complexity index is 980. The van der Waals surface area contributed by atoms with Crippen molar-refractivity contribution in [1.29, 1.82) is 0 Å².